The Morgan fingerprint density at radius 3 is 2.62 bits per heavy atom. The van der Waals surface area contributed by atoms with Crippen LogP contribution in [-0.2, 0) is 11.8 Å². The van der Waals surface area contributed by atoms with Gasteiger partial charge in [-0.3, -0.25) is 19.6 Å². The van der Waals surface area contributed by atoms with Crippen molar-refractivity contribution < 1.29 is 19.2 Å². The zero-order valence-corrected chi connectivity index (χ0v) is 13.8. The monoisotopic (exact) mass is 334 g/mol. The highest BCUT2D eigenvalue weighted by atomic mass is 16.6. The number of nitrogens with one attached hydrogen (secondary N) is 1. The van der Waals surface area contributed by atoms with Gasteiger partial charge in [-0.05, 0) is 19.9 Å². The Bertz CT molecular complexity index is 784. The van der Waals surface area contributed by atoms with Gasteiger partial charge >= 0.3 is 0 Å². The van der Waals surface area contributed by atoms with Crippen LogP contribution >= 0.6 is 0 Å². The molecule has 0 unspecified atom stereocenters. The second kappa shape index (κ2) is 6.99. The summed E-state index contributed by atoms with van der Waals surface area (Å²) < 4.78 is 12.1. The Kier molecular flexibility index (Phi) is 5.02. The van der Waals surface area contributed by atoms with Crippen molar-refractivity contribution in [2.75, 3.05) is 19.0 Å². The van der Waals surface area contributed by atoms with E-state index in [4.69, 9.17) is 9.47 Å². The lowest BCUT2D eigenvalue weighted by Crippen LogP contribution is -2.21. The van der Waals surface area contributed by atoms with Gasteiger partial charge in [-0.25, -0.2) is 0 Å². The van der Waals surface area contributed by atoms with Crippen molar-refractivity contribution in [1.29, 1.82) is 0 Å². The number of ether oxygens (including phenoxy) is 2. The Balaban J connectivity index is 2.08. The largest absolute Gasteiger partial charge is 0.493 e. The number of methoxy groups -OCH3 is 1. The number of non-ortho nitro benzene ring substituents is 1. The van der Waals surface area contributed by atoms with Gasteiger partial charge < -0.3 is 14.8 Å². The highest BCUT2D eigenvalue weighted by molar-refractivity contribution is 5.93. The summed E-state index contributed by atoms with van der Waals surface area (Å²) in [6.45, 7) is 3.30. The first kappa shape index (κ1) is 17.3. The number of rotatable bonds is 6. The molecule has 0 saturated carbocycles. The van der Waals surface area contributed by atoms with Crippen molar-refractivity contribution in [3.63, 3.8) is 0 Å². The van der Waals surface area contributed by atoms with Crippen LogP contribution in [0.3, 0.4) is 0 Å². The van der Waals surface area contributed by atoms with E-state index in [0.29, 0.717) is 17.1 Å². The molecule has 0 fully saturated rings. The van der Waals surface area contributed by atoms with E-state index in [1.807, 2.05) is 6.92 Å². The van der Waals surface area contributed by atoms with Crippen LogP contribution in [0.4, 0.5) is 11.4 Å². The van der Waals surface area contributed by atoms with Crippen molar-refractivity contribution in [2.45, 2.75) is 13.8 Å². The molecule has 0 aliphatic carbocycles. The first-order valence-corrected chi connectivity index (χ1v) is 7.08. The Morgan fingerprint density at radius 1 is 1.38 bits per heavy atom. The van der Waals surface area contributed by atoms with Crippen LogP contribution in [-0.4, -0.2) is 34.3 Å². The van der Waals surface area contributed by atoms with Crippen LogP contribution in [0, 0.1) is 24.0 Å². The average molecular weight is 334 g/mol. The molecule has 0 bridgehead atoms. The molecule has 0 aliphatic heterocycles. The normalized spacial score (nSPS) is 10.3. The number of nitro benzene ring substituents is 1. The number of benzene rings is 1. The molecule has 2 rings (SSSR count). The second-order valence-corrected chi connectivity index (χ2v) is 5.10. The fraction of sp³-hybridized carbons (Fsp3) is 0.333. The minimum absolute atomic E-state index is 0.126. The van der Waals surface area contributed by atoms with Crippen molar-refractivity contribution in [2.24, 2.45) is 7.05 Å². The molecule has 1 aromatic heterocycles. The lowest BCUT2D eigenvalue weighted by Gasteiger charge is -2.11. The van der Waals surface area contributed by atoms with Gasteiger partial charge in [0.25, 0.3) is 11.6 Å². The summed E-state index contributed by atoms with van der Waals surface area (Å²) in [5, 5.41) is 17.8. The van der Waals surface area contributed by atoms with E-state index in [9.17, 15) is 14.9 Å². The van der Waals surface area contributed by atoms with Crippen molar-refractivity contribution in [3.05, 3.63) is 39.7 Å². The predicted molar refractivity (Wildman–Crippen MR) is 86.5 cm³/mol. The highest BCUT2D eigenvalue weighted by Gasteiger charge is 2.16. The summed E-state index contributed by atoms with van der Waals surface area (Å²) in [5.74, 6) is 0.0337. The maximum absolute atomic E-state index is 12.1. The quantitative estimate of drug-likeness (QED) is 0.639. The topological polar surface area (TPSA) is 109 Å². The number of nitro groups is 1. The van der Waals surface area contributed by atoms with Crippen molar-refractivity contribution in [3.8, 4) is 11.5 Å². The van der Waals surface area contributed by atoms with Gasteiger partial charge in [0.05, 0.1) is 35.2 Å². The van der Waals surface area contributed by atoms with Crippen molar-refractivity contribution in [1.82, 2.24) is 9.78 Å². The number of hydrogen-bond donors (Lipinski definition) is 1. The fourth-order valence-corrected chi connectivity index (χ4v) is 2.17. The van der Waals surface area contributed by atoms with Gasteiger partial charge in [0, 0.05) is 13.1 Å². The van der Waals surface area contributed by atoms with Gasteiger partial charge in [0.15, 0.2) is 18.1 Å². The summed E-state index contributed by atoms with van der Waals surface area (Å²) in [5.41, 5.74) is 1.98. The molecular formula is C15H18N4O5. The Hall–Kier alpha value is -3.10. The summed E-state index contributed by atoms with van der Waals surface area (Å²) in [4.78, 5) is 22.4. The summed E-state index contributed by atoms with van der Waals surface area (Å²) in [6.07, 6.45) is 0. The predicted octanol–water partition coefficient (Wildman–Crippen LogP) is 1.97. The third-order valence-corrected chi connectivity index (χ3v) is 3.49. The minimum atomic E-state index is -0.547. The van der Waals surface area contributed by atoms with Crippen LogP contribution in [0.5, 0.6) is 11.5 Å². The molecule has 2 aromatic rings. The number of aromatic nitrogens is 2. The Morgan fingerprint density at radius 2 is 2.08 bits per heavy atom. The molecule has 0 aliphatic rings. The first-order chi connectivity index (χ1) is 11.3. The SMILES string of the molecule is COc1ccc([N+](=O)[O-])cc1OCC(=O)Nc1c(C)nn(C)c1C. The minimum Gasteiger partial charge on any atom is -0.493 e. The van der Waals surface area contributed by atoms with E-state index >= 15 is 0 Å². The number of anilines is 1. The molecule has 0 radical (unpaired) electrons. The van der Waals surface area contributed by atoms with E-state index in [2.05, 4.69) is 10.4 Å². The highest BCUT2D eigenvalue weighted by Crippen LogP contribution is 2.31. The number of amides is 1. The third-order valence-electron chi connectivity index (χ3n) is 3.49. The molecule has 0 saturated heterocycles. The standard InChI is InChI=1S/C15H18N4O5/c1-9-15(10(2)18(3)17-9)16-14(20)8-24-13-7-11(19(21)22)5-6-12(13)23-4/h5-7H,8H2,1-4H3,(H,16,20). The van der Waals surface area contributed by atoms with Gasteiger partial charge in [-0.15, -0.1) is 0 Å². The average Bonchev–Trinajstić information content (AvgIpc) is 2.78. The summed E-state index contributed by atoms with van der Waals surface area (Å²) >= 11 is 0. The van der Waals surface area contributed by atoms with Crippen LogP contribution in [0.15, 0.2) is 18.2 Å². The fourth-order valence-electron chi connectivity index (χ4n) is 2.17. The van der Waals surface area contributed by atoms with Crippen LogP contribution < -0.4 is 14.8 Å². The molecule has 128 valence electrons. The van der Waals surface area contributed by atoms with E-state index < -0.39 is 10.8 Å². The molecule has 0 spiro atoms. The molecule has 9 heteroatoms. The smallest absolute Gasteiger partial charge is 0.273 e. The van der Waals surface area contributed by atoms with Gasteiger partial charge in [0.2, 0.25) is 0 Å². The maximum atomic E-state index is 12.1. The first-order valence-electron chi connectivity index (χ1n) is 7.08. The molecule has 1 amide bonds. The van der Waals surface area contributed by atoms with Crippen LogP contribution in [0.2, 0.25) is 0 Å². The number of carbonyl (C=O) groups excluding carboxylic acids is 1. The van der Waals surface area contributed by atoms with Gasteiger partial charge in [-0.2, -0.15) is 5.10 Å². The molecule has 1 aromatic carbocycles. The molecule has 9 nitrogen and oxygen atoms in total. The number of aryl methyl sites for hydroxylation is 2. The number of carbonyl (C=O) groups is 1. The molecule has 1 N–H and O–H groups in total. The van der Waals surface area contributed by atoms with Gasteiger partial charge in [-0.1, -0.05) is 0 Å². The number of hydrogen-bond acceptors (Lipinski definition) is 6. The zero-order chi connectivity index (χ0) is 17.9. The van der Waals surface area contributed by atoms with E-state index in [1.165, 1.54) is 25.3 Å². The molecular weight excluding hydrogens is 316 g/mol. The van der Waals surface area contributed by atoms with Crippen molar-refractivity contribution >= 4 is 17.3 Å². The third kappa shape index (κ3) is 3.62. The van der Waals surface area contributed by atoms with E-state index in [-0.39, 0.29) is 18.0 Å². The molecule has 24 heavy (non-hydrogen) atoms. The molecule has 0 atom stereocenters. The lowest BCUT2D eigenvalue weighted by molar-refractivity contribution is -0.385. The van der Waals surface area contributed by atoms with Crippen LogP contribution in [0.25, 0.3) is 0 Å². The second-order valence-electron chi connectivity index (χ2n) is 5.10. The zero-order valence-electron chi connectivity index (χ0n) is 13.8. The van der Waals surface area contributed by atoms with E-state index in [0.717, 1.165) is 5.69 Å². The van der Waals surface area contributed by atoms with Crippen LogP contribution in [0.1, 0.15) is 11.4 Å². The Labute approximate surface area is 138 Å². The summed E-state index contributed by atoms with van der Waals surface area (Å²) in [7, 11) is 3.19. The molecule has 1 heterocycles. The lowest BCUT2D eigenvalue weighted by atomic mass is 10.3. The van der Waals surface area contributed by atoms with Gasteiger partial charge in [0.1, 0.15) is 0 Å². The summed E-state index contributed by atoms with van der Waals surface area (Å²) in [6, 6.07) is 3.93. The maximum Gasteiger partial charge on any atom is 0.273 e. The number of nitrogens with zero attached hydrogens (tertiary/aromatic N) is 3. The van der Waals surface area contributed by atoms with E-state index in [1.54, 1.807) is 18.7 Å².